The molecule has 0 saturated carbocycles. The maximum absolute atomic E-state index is 12.6. The number of hydrogen-bond donors (Lipinski definition) is 1. The number of rotatable bonds is 9. The molecular formula is C23H27NO6. The fourth-order valence-electron chi connectivity index (χ4n) is 2.68. The van der Waals surface area contributed by atoms with Gasteiger partial charge in [0.25, 0.3) is 0 Å². The molecule has 0 radical (unpaired) electrons. The summed E-state index contributed by atoms with van der Waals surface area (Å²) in [5.74, 6) is -0.685. The average Bonchev–Trinajstić information content (AvgIpc) is 2.75. The standard InChI is InChI=1S/C23H27NO6/c1-15(2)20(24-23(27)29-14-17-8-6-5-7-9-17)22(26)30-16(3)21(25)18-10-12-19(28-4)13-11-18/h5-13,15-16,20H,14H2,1-4H3,(H,24,27)/t16-,20-/m0/s1. The van der Waals surface area contributed by atoms with E-state index in [1.165, 1.54) is 14.0 Å². The predicted molar refractivity (Wildman–Crippen MR) is 111 cm³/mol. The summed E-state index contributed by atoms with van der Waals surface area (Å²) < 4.78 is 15.6. The Balaban J connectivity index is 1.93. The van der Waals surface area contributed by atoms with Crippen molar-refractivity contribution in [3.05, 3.63) is 65.7 Å². The Kier molecular flexibility index (Phi) is 8.41. The Morgan fingerprint density at radius 2 is 1.57 bits per heavy atom. The van der Waals surface area contributed by atoms with Crippen molar-refractivity contribution in [3.63, 3.8) is 0 Å². The fraction of sp³-hybridized carbons (Fsp3) is 0.348. The van der Waals surface area contributed by atoms with Crippen LogP contribution in [0, 0.1) is 5.92 Å². The van der Waals surface area contributed by atoms with E-state index in [-0.39, 0.29) is 18.3 Å². The lowest BCUT2D eigenvalue weighted by molar-refractivity contribution is -0.149. The SMILES string of the molecule is COc1ccc(C(=O)[C@H](C)OC(=O)[C@@H](NC(=O)OCc2ccccc2)C(C)C)cc1. The number of esters is 1. The Bertz CT molecular complexity index is 848. The molecule has 2 rings (SSSR count). The molecule has 1 N–H and O–H groups in total. The van der Waals surface area contributed by atoms with Crippen LogP contribution in [-0.2, 0) is 20.9 Å². The van der Waals surface area contributed by atoms with Crippen molar-refractivity contribution in [1.82, 2.24) is 5.32 Å². The van der Waals surface area contributed by atoms with Crippen molar-refractivity contribution in [2.75, 3.05) is 7.11 Å². The number of carbonyl (C=O) groups is 3. The van der Waals surface area contributed by atoms with Gasteiger partial charge < -0.3 is 19.5 Å². The van der Waals surface area contributed by atoms with Gasteiger partial charge in [-0.3, -0.25) is 4.79 Å². The lowest BCUT2D eigenvalue weighted by Gasteiger charge is -2.22. The van der Waals surface area contributed by atoms with Crippen molar-refractivity contribution < 1.29 is 28.6 Å². The minimum atomic E-state index is -1.01. The molecule has 1 amide bonds. The van der Waals surface area contributed by atoms with Crippen LogP contribution in [0.3, 0.4) is 0 Å². The van der Waals surface area contributed by atoms with Crippen LogP contribution in [0.2, 0.25) is 0 Å². The average molecular weight is 413 g/mol. The summed E-state index contributed by atoms with van der Waals surface area (Å²) in [6.07, 6.45) is -1.74. The van der Waals surface area contributed by atoms with E-state index >= 15 is 0 Å². The topological polar surface area (TPSA) is 90.9 Å². The van der Waals surface area contributed by atoms with E-state index in [2.05, 4.69) is 5.32 Å². The number of nitrogens with one attached hydrogen (secondary N) is 1. The smallest absolute Gasteiger partial charge is 0.408 e. The Labute approximate surface area is 176 Å². The summed E-state index contributed by atoms with van der Waals surface area (Å²) in [6.45, 7) is 5.10. The second kappa shape index (κ2) is 11.0. The van der Waals surface area contributed by atoms with Crippen molar-refractivity contribution in [2.45, 2.75) is 39.5 Å². The van der Waals surface area contributed by atoms with Gasteiger partial charge in [-0.15, -0.1) is 0 Å². The largest absolute Gasteiger partial charge is 0.497 e. The van der Waals surface area contributed by atoms with Gasteiger partial charge in [-0.2, -0.15) is 0 Å². The summed E-state index contributed by atoms with van der Waals surface area (Å²) in [5, 5.41) is 2.52. The summed E-state index contributed by atoms with van der Waals surface area (Å²) in [7, 11) is 1.53. The third kappa shape index (κ3) is 6.62. The van der Waals surface area contributed by atoms with Gasteiger partial charge in [0.1, 0.15) is 18.4 Å². The first-order chi connectivity index (χ1) is 14.3. The van der Waals surface area contributed by atoms with E-state index in [0.717, 1.165) is 5.56 Å². The van der Waals surface area contributed by atoms with Gasteiger partial charge in [0, 0.05) is 5.56 Å². The second-order valence-electron chi connectivity index (χ2n) is 7.10. The predicted octanol–water partition coefficient (Wildman–Crippen LogP) is 3.76. The van der Waals surface area contributed by atoms with Gasteiger partial charge in [0.05, 0.1) is 7.11 Å². The molecule has 0 spiro atoms. The van der Waals surface area contributed by atoms with Crippen molar-refractivity contribution in [1.29, 1.82) is 0 Å². The van der Waals surface area contributed by atoms with E-state index in [9.17, 15) is 14.4 Å². The Hall–Kier alpha value is -3.35. The maximum Gasteiger partial charge on any atom is 0.408 e. The van der Waals surface area contributed by atoms with Crippen LogP contribution in [-0.4, -0.2) is 37.1 Å². The highest BCUT2D eigenvalue weighted by Gasteiger charge is 2.29. The first-order valence-corrected chi connectivity index (χ1v) is 9.67. The first-order valence-electron chi connectivity index (χ1n) is 9.67. The third-order valence-electron chi connectivity index (χ3n) is 4.44. The lowest BCUT2D eigenvalue weighted by Crippen LogP contribution is -2.46. The first kappa shape index (κ1) is 22.9. The molecule has 0 saturated heterocycles. The highest BCUT2D eigenvalue weighted by atomic mass is 16.6. The summed E-state index contributed by atoms with van der Waals surface area (Å²) in [5.41, 5.74) is 1.22. The third-order valence-corrected chi connectivity index (χ3v) is 4.44. The quantitative estimate of drug-likeness (QED) is 0.497. The zero-order valence-electron chi connectivity index (χ0n) is 17.6. The molecule has 7 heteroatoms. The van der Waals surface area contributed by atoms with Crippen molar-refractivity contribution >= 4 is 17.8 Å². The number of methoxy groups -OCH3 is 1. The zero-order chi connectivity index (χ0) is 22.1. The summed E-state index contributed by atoms with van der Waals surface area (Å²) >= 11 is 0. The van der Waals surface area contributed by atoms with E-state index in [4.69, 9.17) is 14.2 Å². The van der Waals surface area contributed by atoms with E-state index in [1.807, 2.05) is 30.3 Å². The number of benzene rings is 2. The molecule has 30 heavy (non-hydrogen) atoms. The number of Topliss-reactive ketones (excluding diaryl/α,β-unsaturated/α-hetero) is 1. The van der Waals surface area contributed by atoms with Crippen molar-refractivity contribution in [3.8, 4) is 5.75 Å². The normalized spacial score (nSPS) is 12.6. The molecule has 0 aliphatic carbocycles. The number of alkyl carbamates (subject to hydrolysis) is 1. The van der Waals surface area contributed by atoms with Gasteiger partial charge in [0.2, 0.25) is 5.78 Å². The van der Waals surface area contributed by atoms with Crippen LogP contribution in [0.25, 0.3) is 0 Å². The molecular weight excluding hydrogens is 386 g/mol. The Morgan fingerprint density at radius 3 is 2.13 bits per heavy atom. The summed E-state index contributed by atoms with van der Waals surface area (Å²) in [4.78, 5) is 37.2. The number of amides is 1. The highest BCUT2D eigenvalue weighted by molar-refractivity contribution is 6.00. The van der Waals surface area contributed by atoms with E-state index in [1.54, 1.807) is 38.1 Å². The molecule has 0 aliphatic rings. The lowest BCUT2D eigenvalue weighted by atomic mass is 10.0. The van der Waals surface area contributed by atoms with Crippen LogP contribution in [0.15, 0.2) is 54.6 Å². The minimum absolute atomic E-state index is 0.0822. The van der Waals surface area contributed by atoms with Crippen molar-refractivity contribution in [2.24, 2.45) is 5.92 Å². The highest BCUT2D eigenvalue weighted by Crippen LogP contribution is 2.15. The molecule has 160 valence electrons. The molecule has 0 aliphatic heterocycles. The maximum atomic E-state index is 12.6. The Morgan fingerprint density at radius 1 is 0.933 bits per heavy atom. The van der Waals surface area contributed by atoms with Gasteiger partial charge in [0.15, 0.2) is 6.10 Å². The van der Waals surface area contributed by atoms with Crippen LogP contribution >= 0.6 is 0 Å². The van der Waals surface area contributed by atoms with Gasteiger partial charge >= 0.3 is 12.1 Å². The van der Waals surface area contributed by atoms with Crippen LogP contribution in [0.5, 0.6) is 5.75 Å². The molecule has 0 aromatic heterocycles. The molecule has 2 atom stereocenters. The van der Waals surface area contributed by atoms with Gasteiger partial charge in [-0.25, -0.2) is 9.59 Å². The van der Waals surface area contributed by atoms with E-state index in [0.29, 0.717) is 11.3 Å². The fourth-order valence-corrected chi connectivity index (χ4v) is 2.68. The van der Waals surface area contributed by atoms with E-state index < -0.39 is 24.2 Å². The minimum Gasteiger partial charge on any atom is -0.497 e. The number of carbonyl (C=O) groups excluding carboxylic acids is 3. The molecule has 7 nitrogen and oxygen atoms in total. The zero-order valence-corrected chi connectivity index (χ0v) is 17.6. The van der Waals surface area contributed by atoms with Gasteiger partial charge in [-0.1, -0.05) is 44.2 Å². The molecule has 2 aromatic carbocycles. The number of ether oxygens (including phenoxy) is 3. The molecule has 0 unspecified atom stereocenters. The van der Waals surface area contributed by atoms with Gasteiger partial charge in [-0.05, 0) is 42.7 Å². The molecule has 2 aromatic rings. The number of ketones is 1. The van der Waals surface area contributed by atoms with Crippen LogP contribution in [0.4, 0.5) is 4.79 Å². The monoisotopic (exact) mass is 413 g/mol. The number of hydrogen-bond acceptors (Lipinski definition) is 6. The second-order valence-corrected chi connectivity index (χ2v) is 7.10. The molecule has 0 fully saturated rings. The molecule has 0 bridgehead atoms. The van der Waals surface area contributed by atoms with Crippen LogP contribution in [0.1, 0.15) is 36.7 Å². The van der Waals surface area contributed by atoms with Crippen LogP contribution < -0.4 is 10.1 Å². The molecule has 0 heterocycles. The summed E-state index contributed by atoms with van der Waals surface area (Å²) in [6, 6.07) is 14.8.